The number of carbonyl (C=O) groups excluding carboxylic acids is 1. The highest BCUT2D eigenvalue weighted by Crippen LogP contribution is 2.40. The molecule has 0 radical (unpaired) electrons. The monoisotopic (exact) mass is 427 g/mol. The summed E-state index contributed by atoms with van der Waals surface area (Å²) in [7, 11) is 0. The van der Waals surface area contributed by atoms with Gasteiger partial charge in [-0.15, -0.1) is 0 Å². The van der Waals surface area contributed by atoms with Gasteiger partial charge in [0.25, 0.3) is 0 Å². The van der Waals surface area contributed by atoms with Crippen LogP contribution in [-0.4, -0.2) is 36.3 Å². The number of carbonyl (C=O) groups is 1. The Balaban J connectivity index is 1.84. The smallest absolute Gasteiger partial charge is 0.419 e. The van der Waals surface area contributed by atoms with E-state index in [4.69, 9.17) is 4.74 Å². The molecule has 1 aromatic rings. The third-order valence-corrected chi connectivity index (χ3v) is 4.82. The Kier molecular flexibility index (Phi) is 3.86. The van der Waals surface area contributed by atoms with E-state index >= 15 is 0 Å². The Morgan fingerprint density at radius 1 is 1.32 bits per heavy atom. The lowest BCUT2D eigenvalue weighted by Gasteiger charge is -2.39. The molecule has 0 aliphatic carbocycles. The third kappa shape index (κ3) is 2.82. The number of hydrogen-bond acceptors (Lipinski definition) is 4. The second kappa shape index (κ2) is 5.43. The van der Waals surface area contributed by atoms with Gasteiger partial charge in [0.05, 0.1) is 21.4 Å². The SMILES string of the molecule is O=C1NCC2(CCN(c3c(I)cncc3C(F)(F)F)CC2)O1. The number of alkyl carbamates (subject to hydrolysis) is 1. The summed E-state index contributed by atoms with van der Waals surface area (Å²) in [6.45, 7) is 1.22. The fraction of sp³-hybridized carbons (Fsp3) is 0.538. The van der Waals surface area contributed by atoms with E-state index in [9.17, 15) is 18.0 Å². The van der Waals surface area contributed by atoms with Crippen molar-refractivity contribution < 1.29 is 22.7 Å². The molecule has 2 fully saturated rings. The molecule has 1 aromatic heterocycles. The van der Waals surface area contributed by atoms with Crippen molar-refractivity contribution >= 4 is 34.4 Å². The Morgan fingerprint density at radius 2 is 2.00 bits per heavy atom. The van der Waals surface area contributed by atoms with Gasteiger partial charge >= 0.3 is 12.3 Å². The van der Waals surface area contributed by atoms with Crippen LogP contribution in [0.15, 0.2) is 12.4 Å². The second-order valence-electron chi connectivity index (χ2n) is 5.43. The van der Waals surface area contributed by atoms with Crippen molar-refractivity contribution in [3.05, 3.63) is 21.5 Å². The fourth-order valence-corrected chi connectivity index (χ4v) is 3.67. The lowest BCUT2D eigenvalue weighted by molar-refractivity contribution is -0.137. The molecule has 2 aliphatic rings. The summed E-state index contributed by atoms with van der Waals surface area (Å²) in [6, 6.07) is 0. The fourth-order valence-electron chi connectivity index (χ4n) is 2.88. The minimum absolute atomic E-state index is 0.162. The highest BCUT2D eigenvalue weighted by atomic mass is 127. The molecule has 3 rings (SSSR count). The van der Waals surface area contributed by atoms with E-state index in [2.05, 4.69) is 10.3 Å². The van der Waals surface area contributed by atoms with Gasteiger partial charge in [0.2, 0.25) is 0 Å². The van der Waals surface area contributed by atoms with Crippen LogP contribution in [0.4, 0.5) is 23.7 Å². The van der Waals surface area contributed by atoms with Crippen LogP contribution in [-0.2, 0) is 10.9 Å². The number of alkyl halides is 3. The normalized spacial score (nSPS) is 20.9. The first-order valence-corrected chi connectivity index (χ1v) is 7.81. The molecule has 0 bridgehead atoms. The van der Waals surface area contributed by atoms with Gasteiger partial charge < -0.3 is 15.0 Å². The molecule has 1 amide bonds. The second-order valence-corrected chi connectivity index (χ2v) is 6.59. The van der Waals surface area contributed by atoms with Crippen LogP contribution >= 0.6 is 22.6 Å². The van der Waals surface area contributed by atoms with Gasteiger partial charge in [-0.3, -0.25) is 4.98 Å². The van der Waals surface area contributed by atoms with Crippen molar-refractivity contribution in [1.29, 1.82) is 0 Å². The summed E-state index contributed by atoms with van der Waals surface area (Å²) in [5, 5.41) is 2.61. The summed E-state index contributed by atoms with van der Waals surface area (Å²) < 4.78 is 45.3. The zero-order valence-corrected chi connectivity index (χ0v) is 13.6. The van der Waals surface area contributed by atoms with E-state index < -0.39 is 23.4 Å². The molecule has 22 heavy (non-hydrogen) atoms. The Labute approximate surface area is 138 Å². The van der Waals surface area contributed by atoms with Crippen molar-refractivity contribution in [3.8, 4) is 0 Å². The molecule has 2 aliphatic heterocycles. The van der Waals surface area contributed by atoms with Gasteiger partial charge in [-0.25, -0.2) is 4.79 Å². The molecule has 2 saturated heterocycles. The maximum absolute atomic E-state index is 13.2. The molecular weight excluding hydrogens is 414 g/mol. The van der Waals surface area contributed by atoms with Crippen molar-refractivity contribution in [2.75, 3.05) is 24.5 Å². The van der Waals surface area contributed by atoms with E-state index in [1.54, 1.807) is 4.90 Å². The first kappa shape index (κ1) is 15.6. The summed E-state index contributed by atoms with van der Waals surface area (Å²) in [5.74, 6) is 0. The highest BCUT2D eigenvalue weighted by Gasteiger charge is 2.44. The zero-order chi connectivity index (χ0) is 16.0. The number of nitrogens with one attached hydrogen (secondary N) is 1. The predicted molar refractivity (Wildman–Crippen MR) is 80.6 cm³/mol. The maximum Gasteiger partial charge on any atom is 0.419 e. The molecule has 0 unspecified atom stereocenters. The van der Waals surface area contributed by atoms with Crippen molar-refractivity contribution in [2.24, 2.45) is 0 Å². The van der Waals surface area contributed by atoms with E-state index in [0.29, 0.717) is 36.0 Å². The van der Waals surface area contributed by atoms with E-state index in [1.165, 1.54) is 6.20 Å². The number of nitrogens with zero attached hydrogens (tertiary/aromatic N) is 2. The number of ether oxygens (including phenoxy) is 1. The largest absolute Gasteiger partial charge is 0.441 e. The molecule has 9 heteroatoms. The van der Waals surface area contributed by atoms with Gasteiger partial charge in [0.1, 0.15) is 5.60 Å². The predicted octanol–water partition coefficient (Wildman–Crippen LogP) is 2.78. The minimum atomic E-state index is -4.44. The number of piperidine rings is 1. The van der Waals surface area contributed by atoms with Crippen molar-refractivity contribution in [3.63, 3.8) is 0 Å². The lowest BCUT2D eigenvalue weighted by Crippen LogP contribution is -2.47. The van der Waals surface area contributed by atoms with Gasteiger partial charge in [-0.05, 0) is 22.6 Å². The molecular formula is C13H13F3IN3O2. The number of hydrogen-bond donors (Lipinski definition) is 1. The van der Waals surface area contributed by atoms with Gasteiger partial charge in [-0.2, -0.15) is 13.2 Å². The third-order valence-electron chi connectivity index (χ3n) is 4.03. The summed E-state index contributed by atoms with van der Waals surface area (Å²) in [5.41, 5.74) is -1.14. The Morgan fingerprint density at radius 3 is 2.55 bits per heavy atom. The van der Waals surface area contributed by atoms with Crippen molar-refractivity contribution in [2.45, 2.75) is 24.6 Å². The number of pyridine rings is 1. The number of anilines is 1. The standard InChI is InChI=1S/C13H13F3IN3O2/c14-13(15,16)8-5-18-6-9(17)10(8)20-3-1-12(2-4-20)7-19-11(21)22-12/h5-6H,1-4,7H2,(H,19,21). The summed E-state index contributed by atoms with van der Waals surface area (Å²) >= 11 is 1.87. The molecule has 1 N–H and O–H groups in total. The molecule has 5 nitrogen and oxygen atoms in total. The van der Waals surface area contributed by atoms with Crippen LogP contribution < -0.4 is 10.2 Å². The van der Waals surface area contributed by atoms with Crippen LogP contribution in [0, 0.1) is 3.57 Å². The van der Waals surface area contributed by atoms with Crippen LogP contribution in [0.2, 0.25) is 0 Å². The highest BCUT2D eigenvalue weighted by molar-refractivity contribution is 14.1. The Bertz CT molecular complexity index is 601. The van der Waals surface area contributed by atoms with Gasteiger partial charge in [-0.1, -0.05) is 0 Å². The van der Waals surface area contributed by atoms with E-state index in [1.807, 2.05) is 22.6 Å². The topological polar surface area (TPSA) is 54.5 Å². The van der Waals surface area contributed by atoms with Gasteiger partial charge in [0.15, 0.2) is 0 Å². The summed E-state index contributed by atoms with van der Waals surface area (Å²) in [6.07, 6.45) is -1.61. The maximum atomic E-state index is 13.2. The summed E-state index contributed by atoms with van der Waals surface area (Å²) in [4.78, 5) is 16.6. The Hall–Kier alpha value is -1.26. The van der Waals surface area contributed by atoms with E-state index in [0.717, 1.165) is 6.20 Å². The lowest BCUT2D eigenvalue weighted by atomic mass is 9.91. The van der Waals surface area contributed by atoms with Crippen LogP contribution in [0.3, 0.4) is 0 Å². The molecule has 0 atom stereocenters. The van der Waals surface area contributed by atoms with Gasteiger partial charge in [0, 0.05) is 38.3 Å². The number of amides is 1. The zero-order valence-electron chi connectivity index (χ0n) is 11.4. The molecule has 0 saturated carbocycles. The first-order valence-electron chi connectivity index (χ1n) is 6.73. The average Bonchev–Trinajstić information content (AvgIpc) is 2.80. The quantitative estimate of drug-likeness (QED) is 0.701. The molecule has 1 spiro atoms. The van der Waals surface area contributed by atoms with Crippen LogP contribution in [0.1, 0.15) is 18.4 Å². The number of halogens is 4. The minimum Gasteiger partial charge on any atom is -0.441 e. The number of aromatic nitrogens is 1. The van der Waals surface area contributed by atoms with Crippen LogP contribution in [0.5, 0.6) is 0 Å². The molecule has 0 aromatic carbocycles. The van der Waals surface area contributed by atoms with Crippen molar-refractivity contribution in [1.82, 2.24) is 10.3 Å². The first-order chi connectivity index (χ1) is 10.3. The van der Waals surface area contributed by atoms with Crippen LogP contribution in [0.25, 0.3) is 0 Å². The average molecular weight is 427 g/mol. The molecule has 120 valence electrons. The van der Waals surface area contributed by atoms with E-state index in [-0.39, 0.29) is 5.69 Å². The molecule has 3 heterocycles. The number of rotatable bonds is 1.